The minimum Gasteiger partial charge on any atom is -0.579 e. The van der Waals surface area contributed by atoms with Crippen LogP contribution in [0.4, 0.5) is 0 Å². The van der Waals surface area contributed by atoms with Gasteiger partial charge in [0.05, 0.1) is 0 Å². The first kappa shape index (κ1) is 32.8. The molecule has 0 saturated carbocycles. The minimum atomic E-state index is 0. The fourth-order valence-corrected chi connectivity index (χ4v) is 2.59. The van der Waals surface area contributed by atoms with Crippen LogP contribution >= 0.6 is 0 Å². The zero-order valence-corrected chi connectivity index (χ0v) is 26.0. The van der Waals surface area contributed by atoms with Crippen molar-refractivity contribution in [3.8, 4) is 0 Å². The molecule has 36 heavy (non-hydrogen) atoms. The monoisotopic (exact) mass is 656 g/mol. The standard InChI is InChI=1S/5C5H7N2.Ta/c5*1-4-3-5(2)7-6-4;/h5*3H,1-2H3;/q5*-1;+5. The van der Waals surface area contributed by atoms with Gasteiger partial charge < -0.3 is 51.0 Å². The molecule has 11 heteroatoms. The molecular weight excluding hydrogens is 621 g/mol. The van der Waals surface area contributed by atoms with Gasteiger partial charge in [0, 0.05) is 28.5 Å². The quantitative estimate of drug-likeness (QED) is 0.245. The molecule has 0 aliphatic heterocycles. The molecule has 0 bridgehead atoms. The maximum Gasteiger partial charge on any atom is 5.00 e. The Kier molecular flexibility index (Phi) is 15.7. The number of nitrogens with zero attached hydrogens (tertiary/aromatic N) is 10. The topological polar surface area (TPSA) is 135 Å². The molecule has 10 nitrogen and oxygen atoms in total. The van der Waals surface area contributed by atoms with Crippen molar-refractivity contribution in [2.45, 2.75) is 69.2 Å². The first-order chi connectivity index (χ1) is 16.4. The van der Waals surface area contributed by atoms with Gasteiger partial charge in [-0.05, 0) is 34.6 Å². The van der Waals surface area contributed by atoms with Crippen molar-refractivity contribution in [3.05, 3.63) is 87.3 Å². The number of aryl methyl sites for hydroxylation is 10. The van der Waals surface area contributed by atoms with E-state index in [1.165, 1.54) is 0 Å². The number of hydrogen-bond donors (Lipinski definition) is 0. The summed E-state index contributed by atoms with van der Waals surface area (Å²) in [7, 11) is 0. The maximum absolute atomic E-state index is 3.77. The van der Waals surface area contributed by atoms with Gasteiger partial charge in [-0.25, -0.2) is 0 Å². The van der Waals surface area contributed by atoms with E-state index in [2.05, 4.69) is 51.0 Å². The predicted molar refractivity (Wildman–Crippen MR) is 135 cm³/mol. The third-order valence-corrected chi connectivity index (χ3v) is 3.92. The van der Waals surface area contributed by atoms with Gasteiger partial charge in [-0.3, -0.25) is 0 Å². The van der Waals surface area contributed by atoms with Crippen molar-refractivity contribution in [3.63, 3.8) is 0 Å². The first-order valence-electron chi connectivity index (χ1n) is 11.1. The summed E-state index contributed by atoms with van der Waals surface area (Å²) in [6.45, 7) is 19.3. The summed E-state index contributed by atoms with van der Waals surface area (Å²) in [4.78, 5) is 0. The van der Waals surface area contributed by atoms with Gasteiger partial charge in [0.15, 0.2) is 0 Å². The predicted octanol–water partition coefficient (Wildman–Crippen LogP) is 3.28. The first-order valence-corrected chi connectivity index (χ1v) is 11.1. The van der Waals surface area contributed by atoms with Crippen molar-refractivity contribution in [2.75, 3.05) is 0 Å². The molecule has 0 amide bonds. The zero-order chi connectivity index (χ0) is 26.4. The molecule has 0 saturated heterocycles. The second-order valence-electron chi connectivity index (χ2n) is 8.14. The van der Waals surface area contributed by atoms with Crippen molar-refractivity contribution >= 4 is 0 Å². The fourth-order valence-electron chi connectivity index (χ4n) is 2.59. The third-order valence-electron chi connectivity index (χ3n) is 3.92. The zero-order valence-electron chi connectivity index (χ0n) is 22.8. The second kappa shape index (κ2) is 17.3. The summed E-state index contributed by atoms with van der Waals surface area (Å²) < 4.78 is 0. The molecule has 0 unspecified atom stereocenters. The van der Waals surface area contributed by atoms with Crippen LogP contribution in [0.2, 0.25) is 0 Å². The van der Waals surface area contributed by atoms with E-state index in [1.54, 1.807) is 0 Å². The Labute approximate surface area is 229 Å². The third kappa shape index (κ3) is 15.6. The molecule has 0 aromatic carbocycles. The fraction of sp³-hybridized carbons (Fsp3) is 0.400. The van der Waals surface area contributed by atoms with Crippen LogP contribution in [0, 0.1) is 69.2 Å². The molecule has 0 spiro atoms. The number of hydrogen-bond acceptors (Lipinski definition) is 5. The second-order valence-corrected chi connectivity index (χ2v) is 8.14. The van der Waals surface area contributed by atoms with Gasteiger partial charge in [0.2, 0.25) is 0 Å². The Bertz CT molecular complexity index is 920. The molecule has 0 N–H and O–H groups in total. The van der Waals surface area contributed by atoms with Gasteiger partial charge in [0.25, 0.3) is 0 Å². The Morgan fingerprint density at radius 1 is 0.333 bits per heavy atom. The van der Waals surface area contributed by atoms with Crippen molar-refractivity contribution in [2.24, 2.45) is 0 Å². The van der Waals surface area contributed by atoms with Crippen LogP contribution < -0.4 is 25.5 Å². The Hall–Kier alpha value is -3.21. The van der Waals surface area contributed by atoms with Gasteiger partial charge in [0.1, 0.15) is 0 Å². The summed E-state index contributed by atoms with van der Waals surface area (Å²) in [6.07, 6.45) is 0. The summed E-state index contributed by atoms with van der Waals surface area (Å²) in [5.74, 6) is 0. The van der Waals surface area contributed by atoms with Crippen LogP contribution in [-0.2, 0) is 22.4 Å². The van der Waals surface area contributed by atoms with Crippen LogP contribution in [0.15, 0.2) is 30.3 Å². The summed E-state index contributed by atoms with van der Waals surface area (Å²) >= 11 is 0. The van der Waals surface area contributed by atoms with E-state index in [9.17, 15) is 0 Å². The average molecular weight is 657 g/mol. The molecule has 0 atom stereocenters. The molecule has 5 aromatic rings. The van der Waals surface area contributed by atoms with E-state index < -0.39 is 0 Å². The summed E-state index contributed by atoms with van der Waals surface area (Å²) in [5.41, 5.74) is 9.98. The van der Waals surface area contributed by atoms with E-state index in [1.807, 2.05) is 99.6 Å². The van der Waals surface area contributed by atoms with E-state index in [0.717, 1.165) is 56.9 Å². The smallest absolute Gasteiger partial charge is 0.579 e. The molecule has 190 valence electrons. The maximum atomic E-state index is 3.77. The van der Waals surface area contributed by atoms with Crippen LogP contribution in [0.5, 0.6) is 0 Å². The van der Waals surface area contributed by atoms with Crippen molar-refractivity contribution in [1.29, 1.82) is 0 Å². The molecule has 0 fully saturated rings. The minimum absolute atomic E-state index is 0. The van der Waals surface area contributed by atoms with E-state index in [0.29, 0.717) is 0 Å². The van der Waals surface area contributed by atoms with Gasteiger partial charge in [-0.1, -0.05) is 65.0 Å². The largest absolute Gasteiger partial charge is 5.00 e. The van der Waals surface area contributed by atoms with E-state index >= 15 is 0 Å². The Morgan fingerprint density at radius 2 is 0.472 bits per heavy atom. The van der Waals surface area contributed by atoms with Crippen molar-refractivity contribution in [1.82, 2.24) is 51.0 Å². The normalized spacial score (nSPS) is 9.17. The van der Waals surface area contributed by atoms with E-state index in [4.69, 9.17) is 0 Å². The molecular formula is C25H35N10Ta. The molecule has 5 aromatic heterocycles. The Morgan fingerprint density at radius 3 is 0.500 bits per heavy atom. The van der Waals surface area contributed by atoms with E-state index in [-0.39, 0.29) is 22.4 Å². The SMILES string of the molecule is Cc1cc(C)[n-]n1.Cc1cc(C)[n-]n1.Cc1cc(C)[n-]n1.Cc1cc(C)[n-]n1.Cc1cc(C)[n-]n1.[Ta+5]. The Balaban J connectivity index is 0.000000422. The molecule has 0 aliphatic rings. The molecule has 0 aliphatic carbocycles. The van der Waals surface area contributed by atoms with Crippen molar-refractivity contribution < 1.29 is 22.4 Å². The van der Waals surface area contributed by atoms with Gasteiger partial charge in [-0.2, -0.15) is 0 Å². The summed E-state index contributed by atoms with van der Waals surface area (Å²) in [5, 5.41) is 37.7. The van der Waals surface area contributed by atoms with Gasteiger partial charge >= 0.3 is 22.4 Å². The van der Waals surface area contributed by atoms with Gasteiger partial charge in [-0.15, -0.1) is 28.5 Å². The van der Waals surface area contributed by atoms with Crippen LogP contribution in [0.25, 0.3) is 0 Å². The van der Waals surface area contributed by atoms with Crippen LogP contribution in [0.1, 0.15) is 56.9 Å². The van der Waals surface area contributed by atoms with Crippen LogP contribution in [-0.4, -0.2) is 25.5 Å². The number of aromatic nitrogens is 10. The molecule has 5 heterocycles. The average Bonchev–Trinajstić information content (AvgIpc) is 3.59. The van der Waals surface area contributed by atoms with Crippen LogP contribution in [0.3, 0.4) is 0 Å². The number of rotatable bonds is 0. The summed E-state index contributed by atoms with van der Waals surface area (Å²) in [6, 6.07) is 9.72. The molecule has 5 rings (SSSR count). The molecule has 0 radical (unpaired) electrons.